The van der Waals surface area contributed by atoms with E-state index in [0.717, 1.165) is 56.9 Å². The number of ether oxygens (including phenoxy) is 2. The van der Waals surface area contributed by atoms with E-state index in [1.54, 1.807) is 27.0 Å². The van der Waals surface area contributed by atoms with Crippen molar-refractivity contribution in [2.24, 2.45) is 5.92 Å². The standard InChI is InChI=1S/C27H38N4O5/c1-27(2,3)36-26(34)31-16-20(25(33)35-4)21-18(13-14-28-23(21)31)15-29-22(17-9-5-6-10-17)24(32)30-19-11-7-8-12-19/h13-14,16-17,19,22,29H,5-12,15H2,1-4H3,(H,30,32)/t22-/m1/s1. The predicted octanol–water partition coefficient (Wildman–Crippen LogP) is 4.31. The average molecular weight is 499 g/mol. The van der Waals surface area contributed by atoms with Gasteiger partial charge in [0.2, 0.25) is 5.91 Å². The molecule has 1 amide bonds. The molecule has 2 fully saturated rings. The van der Waals surface area contributed by atoms with Gasteiger partial charge in [0.1, 0.15) is 5.60 Å². The summed E-state index contributed by atoms with van der Waals surface area (Å²) in [4.78, 5) is 43.2. The van der Waals surface area contributed by atoms with E-state index in [2.05, 4.69) is 15.6 Å². The summed E-state index contributed by atoms with van der Waals surface area (Å²) in [5, 5.41) is 7.26. The van der Waals surface area contributed by atoms with Crippen LogP contribution in [-0.2, 0) is 20.8 Å². The van der Waals surface area contributed by atoms with Crippen molar-refractivity contribution in [2.75, 3.05) is 7.11 Å². The average Bonchev–Trinajstić information content (AvgIpc) is 3.59. The highest BCUT2D eigenvalue weighted by Gasteiger charge is 2.32. The van der Waals surface area contributed by atoms with Gasteiger partial charge in [0.15, 0.2) is 5.65 Å². The molecule has 0 aromatic carbocycles. The summed E-state index contributed by atoms with van der Waals surface area (Å²) in [6.45, 7) is 5.68. The zero-order valence-corrected chi connectivity index (χ0v) is 21.8. The molecule has 4 rings (SSSR count). The molecule has 2 heterocycles. The van der Waals surface area contributed by atoms with E-state index < -0.39 is 17.7 Å². The number of methoxy groups -OCH3 is 1. The topological polar surface area (TPSA) is 112 Å². The third kappa shape index (κ3) is 5.88. The Kier molecular flexibility index (Phi) is 7.97. The maximum absolute atomic E-state index is 13.3. The summed E-state index contributed by atoms with van der Waals surface area (Å²) >= 11 is 0. The second-order valence-corrected chi connectivity index (χ2v) is 10.9. The Morgan fingerprint density at radius 2 is 1.78 bits per heavy atom. The van der Waals surface area contributed by atoms with Gasteiger partial charge in [-0.25, -0.2) is 19.1 Å². The van der Waals surface area contributed by atoms with Crippen molar-refractivity contribution in [2.45, 2.75) is 96.4 Å². The van der Waals surface area contributed by atoms with Crippen molar-refractivity contribution in [3.05, 3.63) is 29.6 Å². The molecule has 9 nitrogen and oxygen atoms in total. The van der Waals surface area contributed by atoms with Crippen LogP contribution in [0.5, 0.6) is 0 Å². The quantitative estimate of drug-likeness (QED) is 0.547. The lowest BCUT2D eigenvalue weighted by molar-refractivity contribution is -0.125. The van der Waals surface area contributed by atoms with Crippen LogP contribution < -0.4 is 10.6 Å². The van der Waals surface area contributed by atoms with Crippen LogP contribution in [0.2, 0.25) is 0 Å². The minimum absolute atomic E-state index is 0.0543. The van der Waals surface area contributed by atoms with Gasteiger partial charge in [0, 0.05) is 30.4 Å². The van der Waals surface area contributed by atoms with E-state index in [1.165, 1.54) is 17.9 Å². The van der Waals surface area contributed by atoms with E-state index in [4.69, 9.17) is 9.47 Å². The normalized spacial score (nSPS) is 17.9. The van der Waals surface area contributed by atoms with Crippen molar-refractivity contribution < 1.29 is 23.9 Å². The molecule has 2 aromatic heterocycles. The van der Waals surface area contributed by atoms with Crippen LogP contribution in [0.3, 0.4) is 0 Å². The fraction of sp³-hybridized carbons (Fsp3) is 0.630. The van der Waals surface area contributed by atoms with Gasteiger partial charge in [-0.3, -0.25) is 4.79 Å². The molecular weight excluding hydrogens is 460 g/mol. The van der Waals surface area contributed by atoms with Crippen molar-refractivity contribution in [1.29, 1.82) is 0 Å². The molecule has 0 radical (unpaired) electrons. The molecule has 36 heavy (non-hydrogen) atoms. The maximum atomic E-state index is 13.3. The third-order valence-corrected chi connectivity index (χ3v) is 7.14. The highest BCUT2D eigenvalue weighted by Crippen LogP contribution is 2.30. The Labute approximate surface area is 212 Å². The second kappa shape index (κ2) is 11.0. The monoisotopic (exact) mass is 498 g/mol. The molecule has 2 saturated carbocycles. The van der Waals surface area contributed by atoms with Crippen molar-refractivity contribution in [3.8, 4) is 0 Å². The van der Waals surface area contributed by atoms with Gasteiger partial charge in [0.25, 0.3) is 0 Å². The van der Waals surface area contributed by atoms with E-state index in [1.807, 2.05) is 6.07 Å². The number of rotatable bonds is 7. The number of carbonyl (C=O) groups is 3. The SMILES string of the molecule is COC(=O)c1cn(C(=O)OC(C)(C)C)c2nccc(CN[C@@H](C(=O)NC3CCCC3)C3CCCC3)c12. The van der Waals surface area contributed by atoms with Gasteiger partial charge in [0.05, 0.1) is 18.7 Å². The van der Waals surface area contributed by atoms with Crippen LogP contribution >= 0.6 is 0 Å². The van der Waals surface area contributed by atoms with Crippen molar-refractivity contribution in [1.82, 2.24) is 20.2 Å². The molecule has 9 heteroatoms. The Morgan fingerprint density at radius 3 is 2.42 bits per heavy atom. The lowest BCUT2D eigenvalue weighted by atomic mass is 9.96. The number of hydrogen-bond donors (Lipinski definition) is 2. The van der Waals surface area contributed by atoms with Crippen LogP contribution in [0.1, 0.15) is 88.1 Å². The van der Waals surface area contributed by atoms with Gasteiger partial charge in [-0.05, 0) is 64.0 Å². The molecule has 0 aliphatic heterocycles. The van der Waals surface area contributed by atoms with Crippen LogP contribution in [0, 0.1) is 5.92 Å². The molecule has 1 atom stereocenters. The lowest BCUT2D eigenvalue weighted by Crippen LogP contribution is -2.50. The van der Waals surface area contributed by atoms with Gasteiger partial charge >= 0.3 is 12.1 Å². The molecule has 2 aromatic rings. The molecule has 0 unspecified atom stereocenters. The summed E-state index contributed by atoms with van der Waals surface area (Å²) in [7, 11) is 1.30. The number of hydrogen-bond acceptors (Lipinski definition) is 7. The van der Waals surface area contributed by atoms with Crippen LogP contribution in [0.25, 0.3) is 11.0 Å². The first-order valence-corrected chi connectivity index (χ1v) is 13.0. The first kappa shape index (κ1) is 26.1. The number of nitrogens with one attached hydrogen (secondary N) is 2. The Morgan fingerprint density at radius 1 is 1.11 bits per heavy atom. The minimum Gasteiger partial charge on any atom is -0.465 e. The molecule has 196 valence electrons. The second-order valence-electron chi connectivity index (χ2n) is 10.9. The zero-order valence-electron chi connectivity index (χ0n) is 21.8. The Hall–Kier alpha value is -2.94. The largest absolute Gasteiger partial charge is 0.465 e. The van der Waals surface area contributed by atoms with Gasteiger partial charge < -0.3 is 20.1 Å². The highest BCUT2D eigenvalue weighted by molar-refractivity contribution is 6.06. The van der Waals surface area contributed by atoms with E-state index >= 15 is 0 Å². The first-order chi connectivity index (χ1) is 17.2. The number of amides is 1. The summed E-state index contributed by atoms with van der Waals surface area (Å²) in [5.74, 6) is -0.239. The summed E-state index contributed by atoms with van der Waals surface area (Å²) < 4.78 is 11.8. The van der Waals surface area contributed by atoms with E-state index in [0.29, 0.717) is 17.6 Å². The third-order valence-electron chi connectivity index (χ3n) is 7.14. The number of nitrogens with zero attached hydrogens (tertiary/aromatic N) is 2. The van der Waals surface area contributed by atoms with Crippen LogP contribution in [0.15, 0.2) is 18.5 Å². The minimum atomic E-state index is -0.709. The van der Waals surface area contributed by atoms with Crippen molar-refractivity contribution >= 4 is 29.0 Å². The highest BCUT2D eigenvalue weighted by atomic mass is 16.6. The molecule has 0 bridgehead atoms. The number of carbonyl (C=O) groups excluding carboxylic acids is 3. The first-order valence-electron chi connectivity index (χ1n) is 13.0. The van der Waals surface area contributed by atoms with E-state index in [-0.39, 0.29) is 29.5 Å². The number of fused-ring (bicyclic) bond motifs is 1. The van der Waals surface area contributed by atoms with Crippen molar-refractivity contribution in [3.63, 3.8) is 0 Å². The molecule has 0 saturated heterocycles. The number of esters is 1. The van der Waals surface area contributed by atoms with Crippen LogP contribution in [-0.4, -0.2) is 52.3 Å². The summed E-state index contributed by atoms with van der Waals surface area (Å²) in [6, 6.07) is 1.75. The van der Waals surface area contributed by atoms with Gasteiger partial charge in [-0.15, -0.1) is 0 Å². The lowest BCUT2D eigenvalue weighted by Gasteiger charge is -2.26. The fourth-order valence-corrected chi connectivity index (χ4v) is 5.43. The smallest absolute Gasteiger partial charge is 0.420 e. The molecule has 2 aliphatic carbocycles. The Bertz CT molecular complexity index is 1110. The molecular formula is C27H38N4O5. The molecule has 2 N–H and O–H groups in total. The predicted molar refractivity (Wildman–Crippen MR) is 136 cm³/mol. The summed E-state index contributed by atoms with van der Waals surface area (Å²) in [5.41, 5.74) is 0.603. The van der Waals surface area contributed by atoms with Gasteiger partial charge in [-0.1, -0.05) is 25.7 Å². The zero-order chi connectivity index (χ0) is 25.9. The molecule has 2 aliphatic rings. The van der Waals surface area contributed by atoms with Crippen LogP contribution in [0.4, 0.5) is 4.79 Å². The maximum Gasteiger partial charge on any atom is 0.420 e. The Balaban J connectivity index is 1.63. The fourth-order valence-electron chi connectivity index (χ4n) is 5.43. The van der Waals surface area contributed by atoms with Gasteiger partial charge in [-0.2, -0.15) is 0 Å². The molecule has 0 spiro atoms. The number of aromatic nitrogens is 2. The van der Waals surface area contributed by atoms with E-state index in [9.17, 15) is 14.4 Å². The number of pyridine rings is 1. The summed E-state index contributed by atoms with van der Waals surface area (Å²) in [6.07, 6.45) is 11.1.